The zero-order valence-corrected chi connectivity index (χ0v) is 10.9. The molecule has 5 N–H and O–H groups in total. The zero-order chi connectivity index (χ0) is 13.8. The Balaban J connectivity index is 2.73. The highest BCUT2D eigenvalue weighted by atomic mass is 32.2. The highest BCUT2D eigenvalue weighted by Gasteiger charge is 2.18. The van der Waals surface area contributed by atoms with Crippen LogP contribution in [0.2, 0.25) is 0 Å². The number of nitrogens with two attached hydrogens (primary N) is 2. The van der Waals surface area contributed by atoms with E-state index in [1.165, 1.54) is 6.92 Å². The van der Waals surface area contributed by atoms with Gasteiger partial charge in [-0.2, -0.15) is 0 Å². The molecule has 0 aliphatic rings. The fourth-order valence-electron chi connectivity index (χ4n) is 1.36. The van der Waals surface area contributed by atoms with Crippen LogP contribution in [0.5, 0.6) is 0 Å². The van der Waals surface area contributed by atoms with Crippen LogP contribution in [0.1, 0.15) is 18.1 Å². The van der Waals surface area contributed by atoms with Gasteiger partial charge in [-0.1, -0.05) is 24.3 Å². The van der Waals surface area contributed by atoms with Gasteiger partial charge in [-0.25, -0.2) is 13.1 Å². The summed E-state index contributed by atoms with van der Waals surface area (Å²) in [5.41, 5.74) is 12.0. The third-order valence-corrected chi connectivity index (χ3v) is 3.82. The first kappa shape index (κ1) is 14.6. The largest absolute Gasteiger partial charge is 0.368 e. The molecule has 0 radical (unpaired) electrons. The molecule has 0 aliphatic carbocycles. The highest BCUT2D eigenvalue weighted by Crippen LogP contribution is 2.07. The molecule has 1 atom stereocenters. The van der Waals surface area contributed by atoms with Gasteiger partial charge in [0.15, 0.2) is 0 Å². The third kappa shape index (κ3) is 4.44. The van der Waals surface area contributed by atoms with Gasteiger partial charge in [-0.05, 0) is 18.1 Å². The standard InChI is InChI=1S/C11H17N3O3S/c1-8(11(13)15)14-18(16,17)7-10-4-2-9(6-12)3-5-10/h2-5,8,14H,6-7,12H2,1H3,(H2,13,15). The number of nitrogens with one attached hydrogen (secondary N) is 1. The van der Waals surface area contributed by atoms with E-state index in [4.69, 9.17) is 11.5 Å². The Hall–Kier alpha value is -1.44. The van der Waals surface area contributed by atoms with Crippen LogP contribution in [0.25, 0.3) is 0 Å². The summed E-state index contributed by atoms with van der Waals surface area (Å²) < 4.78 is 25.7. The number of rotatable bonds is 6. The number of sulfonamides is 1. The maximum atomic E-state index is 11.7. The molecule has 1 aromatic rings. The van der Waals surface area contributed by atoms with Crippen LogP contribution in [0.3, 0.4) is 0 Å². The van der Waals surface area contributed by atoms with E-state index in [1.807, 2.05) is 0 Å². The molecule has 0 heterocycles. The van der Waals surface area contributed by atoms with Gasteiger partial charge in [-0.3, -0.25) is 4.79 Å². The van der Waals surface area contributed by atoms with Gasteiger partial charge in [0, 0.05) is 6.54 Å². The first-order valence-corrected chi connectivity index (χ1v) is 7.06. The van der Waals surface area contributed by atoms with Crippen LogP contribution in [0.4, 0.5) is 0 Å². The van der Waals surface area contributed by atoms with Crippen molar-refractivity contribution in [1.82, 2.24) is 4.72 Å². The molecule has 0 aliphatic heterocycles. The first-order valence-electron chi connectivity index (χ1n) is 5.41. The highest BCUT2D eigenvalue weighted by molar-refractivity contribution is 7.88. The topological polar surface area (TPSA) is 115 Å². The summed E-state index contributed by atoms with van der Waals surface area (Å²) >= 11 is 0. The van der Waals surface area contributed by atoms with Crippen LogP contribution in [0.15, 0.2) is 24.3 Å². The molecule has 6 nitrogen and oxygen atoms in total. The van der Waals surface area contributed by atoms with Crippen molar-refractivity contribution in [2.24, 2.45) is 11.5 Å². The summed E-state index contributed by atoms with van der Waals surface area (Å²) in [7, 11) is -3.58. The average molecular weight is 271 g/mol. The van der Waals surface area contributed by atoms with Gasteiger partial charge in [0.1, 0.15) is 0 Å². The molecule has 0 saturated heterocycles. The fraction of sp³-hybridized carbons (Fsp3) is 0.364. The lowest BCUT2D eigenvalue weighted by molar-refractivity contribution is -0.119. The molecule has 0 aromatic heterocycles. The van der Waals surface area contributed by atoms with Crippen LogP contribution >= 0.6 is 0 Å². The molecular weight excluding hydrogens is 254 g/mol. The minimum absolute atomic E-state index is 0.199. The smallest absolute Gasteiger partial charge is 0.235 e. The lowest BCUT2D eigenvalue weighted by Crippen LogP contribution is -2.42. The van der Waals surface area contributed by atoms with Crippen molar-refractivity contribution in [3.8, 4) is 0 Å². The van der Waals surface area contributed by atoms with Crippen molar-refractivity contribution in [3.63, 3.8) is 0 Å². The average Bonchev–Trinajstić information content (AvgIpc) is 2.28. The Kier molecular flexibility index (Phi) is 4.83. The van der Waals surface area contributed by atoms with Crippen molar-refractivity contribution < 1.29 is 13.2 Å². The van der Waals surface area contributed by atoms with Crippen LogP contribution in [-0.2, 0) is 27.1 Å². The molecule has 1 aromatic carbocycles. The summed E-state index contributed by atoms with van der Waals surface area (Å²) in [4.78, 5) is 10.8. The monoisotopic (exact) mass is 271 g/mol. The first-order chi connectivity index (χ1) is 8.34. The predicted octanol–water partition coefficient (Wildman–Crippen LogP) is -0.561. The third-order valence-electron chi connectivity index (χ3n) is 2.40. The van der Waals surface area contributed by atoms with E-state index < -0.39 is 22.0 Å². The second kappa shape index (κ2) is 5.94. The Morgan fingerprint density at radius 2 is 1.78 bits per heavy atom. The predicted molar refractivity (Wildman–Crippen MR) is 68.7 cm³/mol. The summed E-state index contributed by atoms with van der Waals surface area (Å²) in [6.45, 7) is 1.81. The van der Waals surface area contributed by atoms with Gasteiger partial charge >= 0.3 is 0 Å². The van der Waals surface area contributed by atoms with E-state index in [2.05, 4.69) is 4.72 Å². The lowest BCUT2D eigenvalue weighted by Gasteiger charge is -2.11. The summed E-state index contributed by atoms with van der Waals surface area (Å²) in [5, 5.41) is 0. The Labute approximate surface area is 106 Å². The van der Waals surface area contributed by atoms with E-state index in [-0.39, 0.29) is 5.75 Å². The summed E-state index contributed by atoms with van der Waals surface area (Å²) in [6, 6.07) is 6.00. The van der Waals surface area contributed by atoms with E-state index in [1.54, 1.807) is 24.3 Å². The van der Waals surface area contributed by atoms with Crippen LogP contribution < -0.4 is 16.2 Å². The number of amides is 1. The SMILES string of the molecule is CC(NS(=O)(=O)Cc1ccc(CN)cc1)C(N)=O. The lowest BCUT2D eigenvalue weighted by atomic mass is 10.1. The van der Waals surface area contributed by atoms with Crippen molar-refractivity contribution >= 4 is 15.9 Å². The van der Waals surface area contributed by atoms with Crippen LogP contribution in [-0.4, -0.2) is 20.4 Å². The van der Waals surface area contributed by atoms with E-state index in [0.717, 1.165) is 5.56 Å². The molecule has 7 heteroatoms. The number of benzene rings is 1. The quantitative estimate of drug-likeness (QED) is 0.643. The van der Waals surface area contributed by atoms with Gasteiger partial charge in [0.25, 0.3) is 0 Å². The Morgan fingerprint density at radius 1 is 1.28 bits per heavy atom. The van der Waals surface area contributed by atoms with E-state index in [9.17, 15) is 13.2 Å². The summed E-state index contributed by atoms with van der Waals surface area (Å²) in [5.74, 6) is -0.910. The molecule has 0 saturated carbocycles. The van der Waals surface area contributed by atoms with Gasteiger partial charge < -0.3 is 11.5 Å². The minimum Gasteiger partial charge on any atom is -0.368 e. The second-order valence-corrected chi connectivity index (χ2v) is 5.78. The number of hydrogen-bond acceptors (Lipinski definition) is 4. The molecular formula is C11H17N3O3S. The normalized spacial score (nSPS) is 13.2. The van der Waals surface area contributed by atoms with Crippen molar-refractivity contribution in [1.29, 1.82) is 0 Å². The maximum absolute atomic E-state index is 11.7. The number of carbonyl (C=O) groups is 1. The van der Waals surface area contributed by atoms with Gasteiger partial charge in [0.05, 0.1) is 11.8 Å². The van der Waals surface area contributed by atoms with Crippen molar-refractivity contribution in [2.45, 2.75) is 25.3 Å². The van der Waals surface area contributed by atoms with Crippen molar-refractivity contribution in [3.05, 3.63) is 35.4 Å². The maximum Gasteiger partial charge on any atom is 0.235 e. The molecule has 1 amide bonds. The Bertz CT molecular complexity index is 511. The minimum atomic E-state index is -3.58. The molecule has 100 valence electrons. The molecule has 0 fully saturated rings. The van der Waals surface area contributed by atoms with Gasteiger partial charge in [-0.15, -0.1) is 0 Å². The molecule has 0 spiro atoms. The summed E-state index contributed by atoms with van der Waals surface area (Å²) in [6.07, 6.45) is 0. The zero-order valence-electron chi connectivity index (χ0n) is 10.1. The number of hydrogen-bond donors (Lipinski definition) is 3. The second-order valence-electron chi connectivity index (χ2n) is 4.02. The number of primary amides is 1. The Morgan fingerprint density at radius 3 is 2.22 bits per heavy atom. The fourth-order valence-corrected chi connectivity index (χ4v) is 2.73. The molecule has 1 rings (SSSR count). The van der Waals surface area contributed by atoms with Crippen molar-refractivity contribution in [2.75, 3.05) is 0 Å². The van der Waals surface area contributed by atoms with E-state index >= 15 is 0 Å². The molecule has 18 heavy (non-hydrogen) atoms. The van der Waals surface area contributed by atoms with Gasteiger partial charge in [0.2, 0.25) is 15.9 Å². The molecule has 1 unspecified atom stereocenters. The van der Waals surface area contributed by atoms with Crippen LogP contribution in [0, 0.1) is 0 Å². The number of carbonyl (C=O) groups excluding carboxylic acids is 1. The molecule has 0 bridgehead atoms. The van der Waals surface area contributed by atoms with E-state index in [0.29, 0.717) is 12.1 Å².